The quantitative estimate of drug-likeness (QED) is 0.481. The van der Waals surface area contributed by atoms with Gasteiger partial charge in [-0.05, 0) is 71.8 Å². The second-order valence-electron chi connectivity index (χ2n) is 6.72. The van der Waals surface area contributed by atoms with E-state index in [4.69, 9.17) is 17.0 Å². The summed E-state index contributed by atoms with van der Waals surface area (Å²) >= 11 is 8.82. The maximum Gasteiger partial charge on any atom is 0.338 e. The second-order valence-corrected chi connectivity index (χ2v) is 7.96. The Kier molecular flexibility index (Phi) is 6.89. The van der Waals surface area contributed by atoms with Crippen LogP contribution in [0.4, 0.5) is 5.69 Å². The maximum absolute atomic E-state index is 12.7. The fourth-order valence-corrected chi connectivity index (χ4v) is 3.92. The van der Waals surface area contributed by atoms with E-state index in [-0.39, 0.29) is 12.5 Å². The Hall–Kier alpha value is -2.71. The molecule has 3 rings (SSSR count). The van der Waals surface area contributed by atoms with E-state index in [1.807, 2.05) is 37.3 Å². The first-order valence-corrected chi connectivity index (χ1v) is 10.6. The summed E-state index contributed by atoms with van der Waals surface area (Å²) in [7, 11) is 1.80. The van der Waals surface area contributed by atoms with Crippen LogP contribution in [0.1, 0.15) is 35.8 Å². The smallest absolute Gasteiger partial charge is 0.338 e. The van der Waals surface area contributed by atoms with E-state index >= 15 is 0 Å². The molecule has 0 spiro atoms. The van der Waals surface area contributed by atoms with E-state index in [0.717, 1.165) is 11.3 Å². The largest absolute Gasteiger partial charge is 0.463 e. The molecule has 156 valence electrons. The number of halogens is 1. The molecule has 1 atom stereocenters. The van der Waals surface area contributed by atoms with E-state index < -0.39 is 12.0 Å². The van der Waals surface area contributed by atoms with Crippen molar-refractivity contribution in [2.24, 2.45) is 0 Å². The number of ether oxygens (including phenoxy) is 1. The molecule has 1 amide bonds. The zero-order chi connectivity index (χ0) is 21.8. The summed E-state index contributed by atoms with van der Waals surface area (Å²) < 4.78 is 5.98. The van der Waals surface area contributed by atoms with Gasteiger partial charge in [-0.3, -0.25) is 4.79 Å². The molecule has 2 aromatic carbocycles. The third-order valence-electron chi connectivity index (χ3n) is 4.85. The number of benzene rings is 2. The summed E-state index contributed by atoms with van der Waals surface area (Å²) in [5.41, 5.74) is 3.15. The molecule has 8 heteroatoms. The molecule has 1 aliphatic rings. The molecule has 1 heterocycles. The molecule has 2 aromatic rings. The number of hydrogen-bond acceptors (Lipinski definition) is 4. The molecule has 0 aromatic heterocycles. The van der Waals surface area contributed by atoms with Crippen molar-refractivity contribution in [1.82, 2.24) is 10.2 Å². The van der Waals surface area contributed by atoms with Crippen LogP contribution in [0.5, 0.6) is 0 Å². The highest BCUT2D eigenvalue weighted by Crippen LogP contribution is 2.32. The number of anilines is 1. The highest BCUT2D eigenvalue weighted by atomic mass is 79.9. The van der Waals surface area contributed by atoms with Crippen molar-refractivity contribution >= 4 is 50.8 Å². The minimum Gasteiger partial charge on any atom is -0.463 e. The molecular formula is C22H22BrN3O3S. The van der Waals surface area contributed by atoms with E-state index in [1.54, 1.807) is 37.1 Å². The van der Waals surface area contributed by atoms with Gasteiger partial charge in [-0.15, -0.1) is 0 Å². The van der Waals surface area contributed by atoms with Gasteiger partial charge in [-0.25, -0.2) is 4.79 Å². The summed E-state index contributed by atoms with van der Waals surface area (Å²) in [5, 5.41) is 6.62. The van der Waals surface area contributed by atoms with Crippen LogP contribution in [0.2, 0.25) is 0 Å². The van der Waals surface area contributed by atoms with Crippen LogP contribution in [0, 0.1) is 0 Å². The number of allylic oxidation sites excluding steroid dienone is 1. The Balaban J connectivity index is 1.93. The van der Waals surface area contributed by atoms with Gasteiger partial charge in [0.1, 0.15) is 0 Å². The van der Waals surface area contributed by atoms with Crippen molar-refractivity contribution in [2.45, 2.75) is 19.9 Å². The molecule has 6 nitrogen and oxygen atoms in total. The molecular weight excluding hydrogens is 466 g/mol. The van der Waals surface area contributed by atoms with Crippen molar-refractivity contribution in [3.8, 4) is 0 Å². The summed E-state index contributed by atoms with van der Waals surface area (Å²) in [6, 6.07) is 14.1. The topological polar surface area (TPSA) is 70.7 Å². The monoisotopic (exact) mass is 487 g/mol. The lowest BCUT2D eigenvalue weighted by Crippen LogP contribution is -2.46. The average Bonchev–Trinajstić information content (AvgIpc) is 2.72. The molecule has 0 unspecified atom stereocenters. The lowest BCUT2D eigenvalue weighted by Gasteiger charge is -2.35. The first-order chi connectivity index (χ1) is 14.3. The molecule has 0 aliphatic carbocycles. The number of thiocarbonyl (C=S) groups is 1. The Morgan fingerprint density at radius 3 is 2.67 bits per heavy atom. The highest BCUT2D eigenvalue weighted by molar-refractivity contribution is 9.10. The lowest BCUT2D eigenvalue weighted by atomic mass is 9.95. The van der Waals surface area contributed by atoms with Crippen molar-refractivity contribution in [3.05, 3.63) is 75.4 Å². The van der Waals surface area contributed by atoms with Crippen LogP contribution in [-0.4, -0.2) is 35.5 Å². The number of hydrogen-bond donors (Lipinski definition) is 2. The van der Waals surface area contributed by atoms with Gasteiger partial charge in [0.25, 0.3) is 5.91 Å². The van der Waals surface area contributed by atoms with Crippen LogP contribution in [0.3, 0.4) is 0 Å². The summed E-state index contributed by atoms with van der Waals surface area (Å²) in [5.74, 6) is -0.631. The molecule has 0 fully saturated rings. The van der Waals surface area contributed by atoms with Crippen LogP contribution >= 0.6 is 28.1 Å². The van der Waals surface area contributed by atoms with Crippen LogP contribution in [0.25, 0.3) is 0 Å². The number of nitrogens with zero attached hydrogens (tertiary/aromatic N) is 1. The first kappa shape index (κ1) is 22.0. The Morgan fingerprint density at radius 2 is 1.97 bits per heavy atom. The molecule has 1 aliphatic heterocycles. The van der Waals surface area contributed by atoms with Gasteiger partial charge >= 0.3 is 5.97 Å². The van der Waals surface area contributed by atoms with Crippen LogP contribution < -0.4 is 10.6 Å². The molecule has 0 saturated heterocycles. The summed E-state index contributed by atoms with van der Waals surface area (Å²) in [6.07, 6.45) is 0. The number of amides is 1. The highest BCUT2D eigenvalue weighted by Gasteiger charge is 2.33. The molecule has 2 N–H and O–H groups in total. The zero-order valence-electron chi connectivity index (χ0n) is 16.9. The normalized spacial score (nSPS) is 16.2. The SMILES string of the molecule is CCOC(=O)C1=C(C)N(C)C(=S)N[C@H]1c1cccc(NC(=O)c2ccccc2Br)c1. The number of esters is 1. The number of nitrogens with one attached hydrogen (secondary N) is 2. The predicted molar refractivity (Wildman–Crippen MR) is 124 cm³/mol. The molecule has 0 bridgehead atoms. The Labute approximate surface area is 189 Å². The van der Waals surface area contributed by atoms with Crippen molar-refractivity contribution in [1.29, 1.82) is 0 Å². The Bertz CT molecular complexity index is 1040. The van der Waals surface area contributed by atoms with Gasteiger partial charge < -0.3 is 20.3 Å². The van der Waals surface area contributed by atoms with Crippen LogP contribution in [-0.2, 0) is 9.53 Å². The van der Waals surface area contributed by atoms with Gasteiger partial charge in [0.05, 0.1) is 23.8 Å². The average molecular weight is 488 g/mol. The van der Waals surface area contributed by atoms with E-state index in [0.29, 0.717) is 26.4 Å². The van der Waals surface area contributed by atoms with Crippen molar-refractivity contribution < 1.29 is 14.3 Å². The van der Waals surface area contributed by atoms with Gasteiger partial charge in [0, 0.05) is 22.9 Å². The van der Waals surface area contributed by atoms with Gasteiger partial charge in [0.2, 0.25) is 0 Å². The fourth-order valence-electron chi connectivity index (χ4n) is 3.20. The first-order valence-electron chi connectivity index (χ1n) is 9.41. The van der Waals surface area contributed by atoms with E-state index in [9.17, 15) is 9.59 Å². The number of carbonyl (C=O) groups is 2. The standard InChI is InChI=1S/C22H22BrN3O3S/c1-4-29-21(28)18-13(2)26(3)22(30)25-19(18)14-8-7-9-15(12-14)24-20(27)16-10-5-6-11-17(16)23/h5-12,19H,4H2,1-3H3,(H,24,27)(H,25,30)/t19-/m0/s1. The fraction of sp³-hybridized carbons (Fsp3) is 0.227. The maximum atomic E-state index is 12.7. The Morgan fingerprint density at radius 1 is 1.23 bits per heavy atom. The van der Waals surface area contributed by atoms with Gasteiger partial charge in [-0.2, -0.15) is 0 Å². The van der Waals surface area contributed by atoms with Crippen molar-refractivity contribution in [3.63, 3.8) is 0 Å². The number of carbonyl (C=O) groups excluding carboxylic acids is 2. The molecule has 0 radical (unpaired) electrons. The molecule has 0 saturated carbocycles. The van der Waals surface area contributed by atoms with E-state index in [1.165, 1.54) is 0 Å². The zero-order valence-corrected chi connectivity index (χ0v) is 19.3. The lowest BCUT2D eigenvalue weighted by molar-refractivity contribution is -0.139. The summed E-state index contributed by atoms with van der Waals surface area (Å²) in [6.45, 7) is 3.88. The summed E-state index contributed by atoms with van der Waals surface area (Å²) in [4.78, 5) is 27.1. The minimum absolute atomic E-state index is 0.233. The van der Waals surface area contributed by atoms with E-state index in [2.05, 4.69) is 26.6 Å². The third kappa shape index (κ3) is 4.55. The second kappa shape index (κ2) is 9.40. The minimum atomic E-state index is -0.479. The van der Waals surface area contributed by atoms with Gasteiger partial charge in [-0.1, -0.05) is 24.3 Å². The van der Waals surface area contributed by atoms with Crippen molar-refractivity contribution in [2.75, 3.05) is 19.0 Å². The molecule has 30 heavy (non-hydrogen) atoms. The predicted octanol–water partition coefficient (Wildman–Crippen LogP) is 4.40. The number of rotatable bonds is 5. The van der Waals surface area contributed by atoms with Crippen LogP contribution in [0.15, 0.2) is 64.3 Å². The third-order valence-corrected chi connectivity index (χ3v) is 5.93. The van der Waals surface area contributed by atoms with Gasteiger partial charge in [0.15, 0.2) is 5.11 Å².